The standard InChI is InChI=1S/C32H32N4O3/c37-19-36-24-11-12-25(36)18-27(17-24)39-26-13-8-22(9-14-26)31-28-16-23(10-15-29(28)34-35-31)32(38)33-30(21-6-7-21)20-4-2-1-3-5-20/h1-5,8-10,13-16,19,21,24-25,27,30H,6-7,11-12,17-18H2,(H,33,38)(H,34,35)/t24?,25?,27?,30-/m1/s1. The Kier molecular flexibility index (Phi) is 6.06. The minimum atomic E-state index is -0.0665. The van der Waals surface area contributed by atoms with E-state index >= 15 is 0 Å². The Bertz CT molecular complexity index is 1480. The Hall–Kier alpha value is -4.13. The first-order valence-electron chi connectivity index (χ1n) is 14.0. The molecule has 3 aliphatic rings. The summed E-state index contributed by atoms with van der Waals surface area (Å²) in [6.45, 7) is 0. The first-order chi connectivity index (χ1) is 19.2. The van der Waals surface area contributed by atoms with Crippen molar-refractivity contribution in [1.82, 2.24) is 20.4 Å². The van der Waals surface area contributed by atoms with Gasteiger partial charge in [-0.3, -0.25) is 14.7 Å². The zero-order chi connectivity index (χ0) is 26.3. The third kappa shape index (κ3) is 4.67. The third-order valence-electron chi connectivity index (χ3n) is 8.66. The molecule has 0 spiro atoms. The summed E-state index contributed by atoms with van der Waals surface area (Å²) in [6.07, 6.45) is 7.34. The molecule has 198 valence electrons. The molecule has 3 heterocycles. The number of carbonyl (C=O) groups excluding carboxylic acids is 2. The molecule has 4 aromatic rings. The van der Waals surface area contributed by atoms with E-state index in [2.05, 4.69) is 27.6 Å². The summed E-state index contributed by atoms with van der Waals surface area (Å²) in [5.41, 5.74) is 4.44. The highest BCUT2D eigenvalue weighted by atomic mass is 16.5. The lowest BCUT2D eigenvalue weighted by atomic mass is 10.0. The zero-order valence-electron chi connectivity index (χ0n) is 21.8. The molecule has 1 saturated carbocycles. The highest BCUT2D eigenvalue weighted by Gasteiger charge is 2.41. The molecule has 0 radical (unpaired) electrons. The van der Waals surface area contributed by atoms with Crippen molar-refractivity contribution in [2.75, 3.05) is 0 Å². The van der Waals surface area contributed by atoms with Gasteiger partial charge in [-0.05, 0) is 79.6 Å². The number of nitrogens with zero attached hydrogens (tertiary/aromatic N) is 2. The van der Waals surface area contributed by atoms with E-state index in [-0.39, 0.29) is 18.1 Å². The predicted molar refractivity (Wildman–Crippen MR) is 149 cm³/mol. The number of aromatic amines is 1. The van der Waals surface area contributed by atoms with Crippen LogP contribution in [0.4, 0.5) is 0 Å². The van der Waals surface area contributed by atoms with Gasteiger partial charge in [0, 0.05) is 41.4 Å². The zero-order valence-corrected chi connectivity index (χ0v) is 21.8. The van der Waals surface area contributed by atoms with Gasteiger partial charge in [0.2, 0.25) is 6.41 Å². The first-order valence-corrected chi connectivity index (χ1v) is 14.0. The number of hydrogen-bond acceptors (Lipinski definition) is 4. The molecule has 3 atom stereocenters. The summed E-state index contributed by atoms with van der Waals surface area (Å²) in [6, 6.07) is 24.6. The van der Waals surface area contributed by atoms with Crippen molar-refractivity contribution in [2.45, 2.75) is 62.8 Å². The van der Waals surface area contributed by atoms with Gasteiger partial charge < -0.3 is 15.0 Å². The third-order valence-corrected chi connectivity index (χ3v) is 8.66. The van der Waals surface area contributed by atoms with Crippen LogP contribution >= 0.6 is 0 Å². The van der Waals surface area contributed by atoms with Crippen molar-refractivity contribution in [3.05, 3.63) is 83.9 Å². The van der Waals surface area contributed by atoms with E-state index in [9.17, 15) is 9.59 Å². The molecular formula is C32H32N4O3. The summed E-state index contributed by atoms with van der Waals surface area (Å²) < 4.78 is 6.31. The Balaban J connectivity index is 1.08. The summed E-state index contributed by atoms with van der Waals surface area (Å²) in [4.78, 5) is 26.7. The van der Waals surface area contributed by atoms with E-state index in [1.807, 2.05) is 65.6 Å². The average molecular weight is 521 g/mol. The number of hydrogen-bond donors (Lipinski definition) is 2. The Morgan fingerprint density at radius 3 is 2.41 bits per heavy atom. The molecule has 2 unspecified atom stereocenters. The van der Waals surface area contributed by atoms with Crippen molar-refractivity contribution < 1.29 is 14.3 Å². The fourth-order valence-corrected chi connectivity index (χ4v) is 6.48. The van der Waals surface area contributed by atoms with Crippen LogP contribution in [-0.2, 0) is 4.79 Å². The van der Waals surface area contributed by atoms with Crippen LogP contribution in [0.1, 0.15) is 60.5 Å². The Labute approximate surface area is 227 Å². The molecule has 2 saturated heterocycles. The van der Waals surface area contributed by atoms with Crippen molar-refractivity contribution in [3.8, 4) is 17.0 Å². The van der Waals surface area contributed by atoms with Crippen LogP contribution in [0.5, 0.6) is 5.75 Å². The second-order valence-corrected chi connectivity index (χ2v) is 11.2. The minimum Gasteiger partial charge on any atom is -0.490 e. The number of piperidine rings is 1. The largest absolute Gasteiger partial charge is 0.490 e. The van der Waals surface area contributed by atoms with E-state index in [0.29, 0.717) is 23.6 Å². The molecular weight excluding hydrogens is 488 g/mol. The lowest BCUT2D eigenvalue weighted by Crippen LogP contribution is -2.45. The quantitative estimate of drug-likeness (QED) is 0.294. The summed E-state index contributed by atoms with van der Waals surface area (Å²) in [5, 5.41) is 11.9. The molecule has 3 aromatic carbocycles. The summed E-state index contributed by atoms with van der Waals surface area (Å²) in [5.74, 6) is 1.26. The fourth-order valence-electron chi connectivity index (χ4n) is 6.48. The number of fused-ring (bicyclic) bond motifs is 3. The molecule has 2 bridgehead atoms. The number of nitrogens with one attached hydrogen (secondary N) is 2. The van der Waals surface area contributed by atoms with Crippen molar-refractivity contribution in [3.63, 3.8) is 0 Å². The van der Waals surface area contributed by atoms with Crippen LogP contribution in [0, 0.1) is 5.92 Å². The highest BCUT2D eigenvalue weighted by Crippen LogP contribution is 2.41. The normalized spacial score (nSPS) is 23.0. The second-order valence-electron chi connectivity index (χ2n) is 11.2. The van der Waals surface area contributed by atoms with Gasteiger partial charge in [0.1, 0.15) is 11.9 Å². The van der Waals surface area contributed by atoms with Crippen LogP contribution in [0.15, 0.2) is 72.8 Å². The number of ether oxygens (including phenoxy) is 1. The number of benzene rings is 3. The Morgan fingerprint density at radius 1 is 0.974 bits per heavy atom. The maximum Gasteiger partial charge on any atom is 0.251 e. The minimum absolute atomic E-state index is 0.0339. The fraction of sp³-hybridized carbons (Fsp3) is 0.344. The first kappa shape index (κ1) is 23.9. The smallest absolute Gasteiger partial charge is 0.251 e. The monoisotopic (exact) mass is 520 g/mol. The van der Waals surface area contributed by atoms with Gasteiger partial charge in [0.05, 0.1) is 17.3 Å². The lowest BCUT2D eigenvalue weighted by Gasteiger charge is -2.36. The predicted octanol–water partition coefficient (Wildman–Crippen LogP) is 5.64. The van der Waals surface area contributed by atoms with Crippen LogP contribution in [0.2, 0.25) is 0 Å². The lowest BCUT2D eigenvalue weighted by molar-refractivity contribution is -0.123. The van der Waals surface area contributed by atoms with Gasteiger partial charge in [-0.2, -0.15) is 5.10 Å². The van der Waals surface area contributed by atoms with Crippen LogP contribution in [-0.4, -0.2) is 45.6 Å². The molecule has 7 heteroatoms. The van der Waals surface area contributed by atoms with Crippen LogP contribution in [0.3, 0.4) is 0 Å². The second kappa shape index (κ2) is 9.88. The maximum absolute atomic E-state index is 13.3. The van der Waals surface area contributed by atoms with Gasteiger partial charge >= 0.3 is 0 Å². The molecule has 2 N–H and O–H groups in total. The molecule has 3 fully saturated rings. The Morgan fingerprint density at radius 2 is 1.72 bits per heavy atom. The van der Waals surface area contributed by atoms with Crippen molar-refractivity contribution >= 4 is 23.2 Å². The van der Waals surface area contributed by atoms with Gasteiger partial charge in [-0.25, -0.2) is 0 Å². The molecule has 1 aliphatic carbocycles. The summed E-state index contributed by atoms with van der Waals surface area (Å²) in [7, 11) is 0. The van der Waals surface area contributed by atoms with Gasteiger partial charge in [0.25, 0.3) is 5.91 Å². The summed E-state index contributed by atoms with van der Waals surface area (Å²) >= 11 is 0. The average Bonchev–Trinajstić information content (AvgIpc) is 3.67. The number of amides is 2. The number of rotatable bonds is 8. The van der Waals surface area contributed by atoms with E-state index < -0.39 is 0 Å². The molecule has 39 heavy (non-hydrogen) atoms. The van der Waals surface area contributed by atoms with Crippen molar-refractivity contribution in [1.29, 1.82) is 0 Å². The van der Waals surface area contributed by atoms with E-state index in [1.54, 1.807) is 0 Å². The van der Waals surface area contributed by atoms with Crippen LogP contribution < -0.4 is 10.1 Å². The maximum atomic E-state index is 13.3. The van der Waals surface area contributed by atoms with Gasteiger partial charge in [0.15, 0.2) is 0 Å². The number of aromatic nitrogens is 2. The number of carbonyl (C=O) groups is 2. The van der Waals surface area contributed by atoms with Gasteiger partial charge in [-0.1, -0.05) is 30.3 Å². The molecule has 7 nitrogen and oxygen atoms in total. The van der Waals surface area contributed by atoms with Crippen LogP contribution in [0.25, 0.3) is 22.2 Å². The van der Waals surface area contributed by atoms with E-state index in [0.717, 1.165) is 78.4 Å². The molecule has 2 aliphatic heterocycles. The van der Waals surface area contributed by atoms with E-state index in [4.69, 9.17) is 4.74 Å². The van der Waals surface area contributed by atoms with Gasteiger partial charge in [-0.15, -0.1) is 0 Å². The molecule has 2 amide bonds. The van der Waals surface area contributed by atoms with Crippen molar-refractivity contribution in [2.24, 2.45) is 5.92 Å². The van der Waals surface area contributed by atoms with E-state index in [1.165, 1.54) is 0 Å². The topological polar surface area (TPSA) is 87.3 Å². The number of H-pyrrole nitrogens is 1. The highest BCUT2D eigenvalue weighted by molar-refractivity contribution is 6.01. The SMILES string of the molecule is O=CN1C2CCC1CC(Oc1ccc(-c3n[nH]c4ccc(C(=O)N[C@H](c5ccccc5)C5CC5)cc34)cc1)C2. The molecule has 1 aromatic heterocycles. The molecule has 7 rings (SSSR count).